The fourth-order valence-electron chi connectivity index (χ4n) is 3.49. The molecule has 0 heterocycles. The van der Waals surface area contributed by atoms with E-state index in [0.717, 1.165) is 23.1 Å². The van der Waals surface area contributed by atoms with Gasteiger partial charge >= 0.3 is 0 Å². The first kappa shape index (κ1) is 25.4. The van der Waals surface area contributed by atoms with Crippen LogP contribution in [0.2, 0.25) is 0 Å². The molecule has 2 atom stereocenters. The number of aryl methyl sites for hydroxylation is 1. The van der Waals surface area contributed by atoms with Crippen molar-refractivity contribution in [3.05, 3.63) is 65.2 Å². The molecule has 1 N–H and O–H groups in total. The average Bonchev–Trinajstić information content (AvgIpc) is 2.74. The van der Waals surface area contributed by atoms with Gasteiger partial charge in [-0.05, 0) is 49.8 Å². The number of hydrogen-bond acceptors (Lipinski definition) is 3. The molecule has 174 valence electrons. The summed E-state index contributed by atoms with van der Waals surface area (Å²) in [5.41, 5.74) is 3.03. The quantitative estimate of drug-likeness (QED) is 0.599. The minimum Gasteiger partial charge on any atom is -0.483 e. The number of para-hydroxylation sites is 1. The first-order valence-corrected chi connectivity index (χ1v) is 11.4. The van der Waals surface area contributed by atoms with Crippen molar-refractivity contribution in [2.45, 2.75) is 78.9 Å². The minimum atomic E-state index is -0.613. The topological polar surface area (TPSA) is 58.6 Å². The highest BCUT2D eigenvalue weighted by molar-refractivity contribution is 5.88. The molecule has 2 aromatic rings. The Bertz CT molecular complexity index is 917. The van der Waals surface area contributed by atoms with Crippen LogP contribution in [0.15, 0.2) is 48.5 Å². The summed E-state index contributed by atoms with van der Waals surface area (Å²) < 4.78 is 5.98. The Morgan fingerprint density at radius 2 is 1.75 bits per heavy atom. The van der Waals surface area contributed by atoms with E-state index >= 15 is 0 Å². The number of ether oxygens (including phenoxy) is 1. The summed E-state index contributed by atoms with van der Waals surface area (Å²) in [5.74, 6) is 0.318. The Labute approximate surface area is 193 Å². The molecule has 0 aromatic heterocycles. The molecule has 5 nitrogen and oxygen atoms in total. The lowest BCUT2D eigenvalue weighted by molar-refractivity contribution is -0.142. The second-order valence-corrected chi connectivity index (χ2v) is 9.54. The van der Waals surface area contributed by atoms with Crippen LogP contribution in [-0.2, 0) is 21.5 Å². The molecule has 0 saturated heterocycles. The predicted molar refractivity (Wildman–Crippen MR) is 130 cm³/mol. The standard InChI is InChI=1S/C27H38N2O3/c1-8-20(3)28-26(31)21(4)29(17-22-13-11-12-19(2)16-22)25(30)18-32-24-15-10-9-14-23(24)27(5,6)7/h9-16,20-21H,8,17-18H2,1-7H3,(H,28,31). The van der Waals surface area contributed by atoms with Gasteiger partial charge in [0.2, 0.25) is 5.91 Å². The predicted octanol–water partition coefficient (Wildman–Crippen LogP) is 5.00. The first-order valence-electron chi connectivity index (χ1n) is 11.4. The van der Waals surface area contributed by atoms with E-state index < -0.39 is 6.04 Å². The van der Waals surface area contributed by atoms with Gasteiger partial charge in [0.25, 0.3) is 5.91 Å². The van der Waals surface area contributed by atoms with Crippen molar-refractivity contribution < 1.29 is 14.3 Å². The number of nitrogens with zero attached hydrogens (tertiary/aromatic N) is 1. The summed E-state index contributed by atoms with van der Waals surface area (Å²) in [5, 5.41) is 2.99. The zero-order valence-corrected chi connectivity index (χ0v) is 20.6. The Balaban J connectivity index is 2.23. The van der Waals surface area contributed by atoms with Gasteiger partial charge in [-0.15, -0.1) is 0 Å². The van der Waals surface area contributed by atoms with Gasteiger partial charge in [-0.25, -0.2) is 0 Å². The second kappa shape index (κ2) is 11.2. The lowest BCUT2D eigenvalue weighted by Gasteiger charge is -2.30. The number of rotatable bonds is 9. The highest BCUT2D eigenvalue weighted by Crippen LogP contribution is 2.31. The fraction of sp³-hybridized carbons (Fsp3) is 0.481. The molecule has 2 amide bonds. The molecule has 2 unspecified atom stereocenters. The molecule has 32 heavy (non-hydrogen) atoms. The highest BCUT2D eigenvalue weighted by Gasteiger charge is 2.28. The Morgan fingerprint density at radius 1 is 1.06 bits per heavy atom. The van der Waals surface area contributed by atoms with E-state index in [9.17, 15) is 9.59 Å². The van der Waals surface area contributed by atoms with Crippen LogP contribution in [0.3, 0.4) is 0 Å². The van der Waals surface area contributed by atoms with E-state index in [4.69, 9.17) is 4.74 Å². The molecule has 0 fully saturated rings. The molecule has 0 aliphatic carbocycles. The summed E-state index contributed by atoms with van der Waals surface area (Å²) in [4.78, 5) is 27.7. The summed E-state index contributed by atoms with van der Waals surface area (Å²) in [7, 11) is 0. The molecule has 0 radical (unpaired) electrons. The van der Waals surface area contributed by atoms with Gasteiger partial charge in [0.1, 0.15) is 11.8 Å². The number of carbonyl (C=O) groups is 2. The van der Waals surface area contributed by atoms with Crippen molar-refractivity contribution in [1.29, 1.82) is 0 Å². The van der Waals surface area contributed by atoms with E-state index in [-0.39, 0.29) is 29.9 Å². The van der Waals surface area contributed by atoms with Crippen LogP contribution in [0.5, 0.6) is 5.75 Å². The number of hydrogen-bond donors (Lipinski definition) is 1. The van der Waals surface area contributed by atoms with Crippen molar-refractivity contribution in [3.8, 4) is 5.75 Å². The molecular formula is C27H38N2O3. The van der Waals surface area contributed by atoms with Crippen molar-refractivity contribution in [3.63, 3.8) is 0 Å². The van der Waals surface area contributed by atoms with Crippen LogP contribution in [0, 0.1) is 6.92 Å². The normalized spacial score (nSPS) is 13.2. The summed E-state index contributed by atoms with van der Waals surface area (Å²) in [6.07, 6.45) is 0.830. The summed E-state index contributed by atoms with van der Waals surface area (Å²) >= 11 is 0. The van der Waals surface area contributed by atoms with Crippen LogP contribution >= 0.6 is 0 Å². The minimum absolute atomic E-state index is 0.0517. The van der Waals surface area contributed by atoms with E-state index in [0.29, 0.717) is 12.3 Å². The van der Waals surface area contributed by atoms with Crippen molar-refractivity contribution in [1.82, 2.24) is 10.2 Å². The highest BCUT2D eigenvalue weighted by atomic mass is 16.5. The van der Waals surface area contributed by atoms with Gasteiger partial charge in [-0.1, -0.05) is 75.7 Å². The number of carbonyl (C=O) groups excluding carboxylic acids is 2. The monoisotopic (exact) mass is 438 g/mol. The molecular weight excluding hydrogens is 400 g/mol. The zero-order valence-electron chi connectivity index (χ0n) is 20.6. The third-order valence-corrected chi connectivity index (χ3v) is 5.65. The van der Waals surface area contributed by atoms with Crippen LogP contribution in [0.4, 0.5) is 0 Å². The Hall–Kier alpha value is -2.82. The number of nitrogens with one attached hydrogen (secondary N) is 1. The Morgan fingerprint density at radius 3 is 2.38 bits per heavy atom. The van der Waals surface area contributed by atoms with Crippen molar-refractivity contribution >= 4 is 11.8 Å². The van der Waals surface area contributed by atoms with Crippen molar-refractivity contribution in [2.75, 3.05) is 6.61 Å². The van der Waals surface area contributed by atoms with Crippen LogP contribution in [0.25, 0.3) is 0 Å². The SMILES string of the molecule is CCC(C)NC(=O)C(C)N(Cc1cccc(C)c1)C(=O)COc1ccccc1C(C)(C)C. The maximum absolute atomic E-state index is 13.3. The van der Waals surface area contributed by atoms with E-state index in [1.807, 2.05) is 69.3 Å². The van der Waals surface area contributed by atoms with Gasteiger partial charge in [0.15, 0.2) is 6.61 Å². The third kappa shape index (κ3) is 7.11. The first-order chi connectivity index (χ1) is 15.0. The van der Waals surface area contributed by atoms with Gasteiger partial charge < -0.3 is 15.0 Å². The molecule has 5 heteroatoms. The molecule has 0 saturated carbocycles. The third-order valence-electron chi connectivity index (χ3n) is 5.65. The average molecular weight is 439 g/mol. The van der Waals surface area contributed by atoms with Gasteiger partial charge in [-0.2, -0.15) is 0 Å². The van der Waals surface area contributed by atoms with Crippen LogP contribution in [-0.4, -0.2) is 35.4 Å². The molecule has 0 spiro atoms. The van der Waals surface area contributed by atoms with Crippen LogP contribution in [0.1, 0.15) is 64.7 Å². The van der Waals surface area contributed by atoms with Crippen LogP contribution < -0.4 is 10.1 Å². The largest absolute Gasteiger partial charge is 0.483 e. The van der Waals surface area contributed by atoms with E-state index in [1.54, 1.807) is 11.8 Å². The van der Waals surface area contributed by atoms with Gasteiger partial charge in [0, 0.05) is 12.6 Å². The maximum atomic E-state index is 13.3. The lowest BCUT2D eigenvalue weighted by atomic mass is 9.86. The summed E-state index contributed by atoms with van der Waals surface area (Å²) in [6.45, 7) is 14.3. The maximum Gasteiger partial charge on any atom is 0.261 e. The van der Waals surface area contributed by atoms with Crippen molar-refractivity contribution in [2.24, 2.45) is 0 Å². The summed E-state index contributed by atoms with van der Waals surface area (Å²) in [6, 6.07) is 15.2. The molecule has 0 bridgehead atoms. The number of amides is 2. The molecule has 2 aromatic carbocycles. The zero-order chi connectivity index (χ0) is 23.9. The molecule has 2 rings (SSSR count). The molecule has 0 aliphatic rings. The lowest BCUT2D eigenvalue weighted by Crippen LogP contribution is -2.50. The smallest absolute Gasteiger partial charge is 0.261 e. The van der Waals surface area contributed by atoms with E-state index in [2.05, 4.69) is 26.1 Å². The fourth-order valence-corrected chi connectivity index (χ4v) is 3.49. The number of benzene rings is 2. The van der Waals surface area contributed by atoms with Gasteiger partial charge in [0.05, 0.1) is 0 Å². The van der Waals surface area contributed by atoms with E-state index in [1.165, 1.54) is 0 Å². The second-order valence-electron chi connectivity index (χ2n) is 9.54. The Kier molecular flexibility index (Phi) is 8.88. The molecule has 0 aliphatic heterocycles. The van der Waals surface area contributed by atoms with Gasteiger partial charge in [-0.3, -0.25) is 9.59 Å².